The van der Waals surface area contributed by atoms with Gasteiger partial charge in [-0.25, -0.2) is 0 Å². The second-order valence-corrected chi connectivity index (χ2v) is 8.37. The van der Waals surface area contributed by atoms with Crippen LogP contribution in [0.2, 0.25) is 0 Å². The molecule has 2 nitrogen and oxygen atoms in total. The average molecular weight is 315 g/mol. The standard InChI is InChI=1S/C21H34N2/c1-17(2)14-22(3)15-19-12-21(13-19)20-8-6-18(7-9-20)16-23-10-4-5-11-23/h6-9,17,19,21H,4-5,10-16H2,1-3H3/t19-,21-. The Morgan fingerprint density at radius 1 is 1.09 bits per heavy atom. The van der Waals surface area contributed by atoms with Crippen molar-refractivity contribution in [3.05, 3.63) is 35.4 Å². The summed E-state index contributed by atoms with van der Waals surface area (Å²) in [5, 5.41) is 0. The molecule has 0 amide bonds. The molecule has 0 unspecified atom stereocenters. The Morgan fingerprint density at radius 2 is 1.74 bits per heavy atom. The van der Waals surface area contributed by atoms with Gasteiger partial charge in [0.05, 0.1) is 0 Å². The third-order valence-corrected chi connectivity index (χ3v) is 5.54. The van der Waals surface area contributed by atoms with Crippen molar-refractivity contribution in [2.45, 2.75) is 52.0 Å². The van der Waals surface area contributed by atoms with Gasteiger partial charge in [0.25, 0.3) is 0 Å². The van der Waals surface area contributed by atoms with E-state index < -0.39 is 0 Å². The van der Waals surface area contributed by atoms with Crippen molar-refractivity contribution in [1.82, 2.24) is 9.80 Å². The maximum Gasteiger partial charge on any atom is 0.0233 e. The first-order chi connectivity index (χ1) is 11.1. The van der Waals surface area contributed by atoms with Crippen LogP contribution in [0.5, 0.6) is 0 Å². The Kier molecular flexibility index (Phi) is 5.76. The van der Waals surface area contributed by atoms with E-state index in [1.54, 1.807) is 5.56 Å². The van der Waals surface area contributed by atoms with Crippen molar-refractivity contribution in [3.8, 4) is 0 Å². The fraction of sp³-hybridized carbons (Fsp3) is 0.714. The molecule has 1 saturated heterocycles. The van der Waals surface area contributed by atoms with Crippen LogP contribution in [0.1, 0.15) is 56.6 Å². The zero-order valence-corrected chi connectivity index (χ0v) is 15.3. The molecule has 1 aromatic carbocycles. The summed E-state index contributed by atoms with van der Waals surface area (Å²) in [7, 11) is 2.28. The van der Waals surface area contributed by atoms with E-state index in [0.717, 1.165) is 24.3 Å². The first-order valence-corrected chi connectivity index (χ1v) is 9.60. The Labute approximate surface area is 142 Å². The normalized spacial score (nSPS) is 25.3. The van der Waals surface area contributed by atoms with Crippen LogP contribution in [-0.2, 0) is 6.54 Å². The molecule has 0 radical (unpaired) electrons. The monoisotopic (exact) mass is 314 g/mol. The van der Waals surface area contributed by atoms with Gasteiger partial charge >= 0.3 is 0 Å². The van der Waals surface area contributed by atoms with Gasteiger partial charge in [-0.2, -0.15) is 0 Å². The van der Waals surface area contributed by atoms with Crippen molar-refractivity contribution in [2.24, 2.45) is 11.8 Å². The van der Waals surface area contributed by atoms with Gasteiger partial charge < -0.3 is 4.90 Å². The predicted octanol–water partition coefficient (Wildman–Crippen LogP) is 4.36. The third-order valence-electron chi connectivity index (χ3n) is 5.54. The van der Waals surface area contributed by atoms with Gasteiger partial charge in [-0.3, -0.25) is 4.90 Å². The van der Waals surface area contributed by atoms with Gasteiger partial charge in [-0.1, -0.05) is 38.1 Å². The Balaban J connectivity index is 1.42. The Morgan fingerprint density at radius 3 is 2.35 bits per heavy atom. The molecule has 0 bridgehead atoms. The molecule has 1 saturated carbocycles. The van der Waals surface area contributed by atoms with E-state index in [9.17, 15) is 0 Å². The Hall–Kier alpha value is -0.860. The minimum Gasteiger partial charge on any atom is -0.306 e. The number of likely N-dealkylation sites (tertiary alicyclic amines) is 1. The largest absolute Gasteiger partial charge is 0.306 e. The van der Waals surface area contributed by atoms with Gasteiger partial charge in [-0.15, -0.1) is 0 Å². The molecule has 0 spiro atoms. The minimum atomic E-state index is 0.777. The van der Waals surface area contributed by atoms with Crippen molar-refractivity contribution in [3.63, 3.8) is 0 Å². The summed E-state index contributed by atoms with van der Waals surface area (Å²) in [6.45, 7) is 10.8. The Bertz CT molecular complexity index is 467. The highest BCUT2D eigenvalue weighted by molar-refractivity contribution is 5.27. The number of hydrogen-bond donors (Lipinski definition) is 0. The van der Waals surface area contributed by atoms with Gasteiger partial charge in [0.15, 0.2) is 0 Å². The van der Waals surface area contributed by atoms with Gasteiger partial charge in [-0.05, 0) is 74.7 Å². The zero-order valence-electron chi connectivity index (χ0n) is 15.3. The van der Waals surface area contributed by atoms with Crippen LogP contribution in [0, 0.1) is 11.8 Å². The lowest BCUT2D eigenvalue weighted by molar-refractivity contribution is 0.170. The van der Waals surface area contributed by atoms with Crippen LogP contribution in [0.4, 0.5) is 0 Å². The van der Waals surface area contributed by atoms with Crippen LogP contribution < -0.4 is 0 Å². The lowest BCUT2D eigenvalue weighted by Gasteiger charge is -2.38. The fourth-order valence-corrected chi connectivity index (χ4v) is 4.39. The van der Waals surface area contributed by atoms with E-state index >= 15 is 0 Å². The van der Waals surface area contributed by atoms with E-state index in [0.29, 0.717) is 0 Å². The quantitative estimate of drug-likeness (QED) is 0.737. The molecule has 2 fully saturated rings. The molecule has 1 aliphatic carbocycles. The molecule has 0 N–H and O–H groups in total. The number of nitrogens with zero attached hydrogens (tertiary/aromatic N) is 2. The number of benzene rings is 1. The molecule has 1 heterocycles. The predicted molar refractivity (Wildman–Crippen MR) is 98.8 cm³/mol. The molecule has 1 aromatic rings. The summed E-state index contributed by atoms with van der Waals surface area (Å²) in [5.41, 5.74) is 3.06. The molecule has 0 aromatic heterocycles. The van der Waals surface area contributed by atoms with Gasteiger partial charge in [0, 0.05) is 19.6 Å². The molecule has 3 rings (SSSR count). The molecular weight excluding hydrogens is 280 g/mol. The van der Waals surface area contributed by atoms with Gasteiger partial charge in [0.2, 0.25) is 0 Å². The molecule has 128 valence electrons. The lowest BCUT2D eigenvalue weighted by Crippen LogP contribution is -2.35. The smallest absolute Gasteiger partial charge is 0.0233 e. The zero-order chi connectivity index (χ0) is 16.2. The van der Waals surface area contributed by atoms with Crippen molar-refractivity contribution >= 4 is 0 Å². The van der Waals surface area contributed by atoms with E-state index in [1.165, 1.54) is 57.4 Å². The highest BCUT2D eigenvalue weighted by atomic mass is 15.1. The molecule has 0 atom stereocenters. The summed E-state index contributed by atoms with van der Waals surface area (Å²) >= 11 is 0. The number of hydrogen-bond acceptors (Lipinski definition) is 2. The van der Waals surface area contributed by atoms with Crippen LogP contribution in [0.3, 0.4) is 0 Å². The number of rotatable bonds is 7. The van der Waals surface area contributed by atoms with E-state index in [-0.39, 0.29) is 0 Å². The molecule has 23 heavy (non-hydrogen) atoms. The van der Waals surface area contributed by atoms with Crippen molar-refractivity contribution in [2.75, 3.05) is 33.2 Å². The van der Waals surface area contributed by atoms with Gasteiger partial charge in [0.1, 0.15) is 0 Å². The summed E-state index contributed by atoms with van der Waals surface area (Å²) in [5.74, 6) is 2.50. The van der Waals surface area contributed by atoms with Crippen LogP contribution in [0.15, 0.2) is 24.3 Å². The second-order valence-electron chi connectivity index (χ2n) is 8.37. The van der Waals surface area contributed by atoms with Crippen LogP contribution in [-0.4, -0.2) is 43.0 Å². The summed E-state index contributed by atoms with van der Waals surface area (Å²) in [6, 6.07) is 9.52. The summed E-state index contributed by atoms with van der Waals surface area (Å²) in [6.07, 6.45) is 5.53. The molecule has 2 heteroatoms. The molecular formula is C21H34N2. The van der Waals surface area contributed by atoms with Crippen molar-refractivity contribution in [1.29, 1.82) is 0 Å². The summed E-state index contributed by atoms with van der Waals surface area (Å²) < 4.78 is 0. The highest BCUT2D eigenvalue weighted by Gasteiger charge is 2.30. The van der Waals surface area contributed by atoms with E-state index in [1.807, 2.05) is 0 Å². The summed E-state index contributed by atoms with van der Waals surface area (Å²) in [4.78, 5) is 5.10. The third kappa shape index (κ3) is 4.81. The maximum absolute atomic E-state index is 2.58. The first kappa shape index (κ1) is 17.0. The van der Waals surface area contributed by atoms with Crippen molar-refractivity contribution < 1.29 is 0 Å². The van der Waals surface area contributed by atoms with E-state index in [4.69, 9.17) is 0 Å². The SMILES string of the molecule is CC(C)CN(C)C[C@H]1C[C@H](c2ccc(CN3CCCC3)cc2)C1. The first-order valence-electron chi connectivity index (χ1n) is 9.60. The minimum absolute atomic E-state index is 0.777. The van der Waals surface area contributed by atoms with Crippen LogP contribution in [0.25, 0.3) is 0 Å². The lowest BCUT2D eigenvalue weighted by atomic mass is 9.71. The maximum atomic E-state index is 2.58. The highest BCUT2D eigenvalue weighted by Crippen LogP contribution is 2.41. The second kappa shape index (κ2) is 7.81. The average Bonchev–Trinajstić information content (AvgIpc) is 2.96. The molecule has 2 aliphatic rings. The topological polar surface area (TPSA) is 6.48 Å². The molecule has 1 aliphatic heterocycles. The fourth-order valence-electron chi connectivity index (χ4n) is 4.39. The van der Waals surface area contributed by atoms with Crippen LogP contribution >= 0.6 is 0 Å². The van der Waals surface area contributed by atoms with E-state index in [2.05, 4.69) is 55.0 Å².